The lowest BCUT2D eigenvalue weighted by Gasteiger charge is -2.20. The van der Waals surface area contributed by atoms with Crippen LogP contribution in [0.15, 0.2) is 65.5 Å². The van der Waals surface area contributed by atoms with Crippen molar-refractivity contribution in [2.75, 3.05) is 11.9 Å². The van der Waals surface area contributed by atoms with Gasteiger partial charge in [0.25, 0.3) is 11.5 Å². The Morgan fingerprint density at radius 2 is 1.61 bits per heavy atom. The lowest BCUT2D eigenvalue weighted by atomic mass is 10.0. The number of aromatic nitrogens is 1. The highest BCUT2D eigenvalue weighted by Crippen LogP contribution is 2.42. The molecule has 1 amide bonds. The van der Waals surface area contributed by atoms with Gasteiger partial charge in [-0.3, -0.25) is 14.4 Å². The summed E-state index contributed by atoms with van der Waals surface area (Å²) in [5.74, 6) is -0.751. The number of nitrogens with one attached hydrogen (secondary N) is 1. The summed E-state index contributed by atoms with van der Waals surface area (Å²) in [7, 11) is 1.67. The summed E-state index contributed by atoms with van der Waals surface area (Å²) in [6.07, 6.45) is 0.794. The molecule has 0 aliphatic rings. The Hall–Kier alpha value is -3.81. The predicted octanol–water partition coefficient (Wildman–Crippen LogP) is 6.87. The second kappa shape index (κ2) is 11.7. The molecular formula is C29H26Cl2N2O5. The van der Waals surface area contributed by atoms with Crippen LogP contribution in [-0.2, 0) is 11.8 Å². The molecule has 0 bridgehead atoms. The van der Waals surface area contributed by atoms with Crippen LogP contribution in [0.4, 0.5) is 5.69 Å². The highest BCUT2D eigenvalue weighted by molar-refractivity contribution is 6.40. The number of carbonyl (C=O) groups excluding carboxylic acids is 2. The molecule has 0 spiro atoms. The van der Waals surface area contributed by atoms with Crippen LogP contribution >= 0.6 is 23.2 Å². The smallest absolute Gasteiger partial charge is 0.310 e. The van der Waals surface area contributed by atoms with Crippen LogP contribution in [0, 0.1) is 0 Å². The SMILES string of the molecule is CCCOc1c(-c2cccc(NC(=O)c3c(Cl)cccc3Cl)c2OC(=O)CC)c(=O)n(C)c2ccccc12. The molecule has 4 aromatic rings. The van der Waals surface area contributed by atoms with Gasteiger partial charge in [-0.1, -0.05) is 67.4 Å². The van der Waals surface area contributed by atoms with E-state index in [1.807, 2.05) is 31.2 Å². The summed E-state index contributed by atoms with van der Waals surface area (Å²) in [6.45, 7) is 3.99. The number of hydrogen-bond acceptors (Lipinski definition) is 5. The number of hydrogen-bond donors (Lipinski definition) is 1. The van der Waals surface area contributed by atoms with E-state index in [9.17, 15) is 14.4 Å². The summed E-state index contributed by atoms with van der Waals surface area (Å²) in [4.78, 5) is 39.5. The normalized spacial score (nSPS) is 10.9. The van der Waals surface area contributed by atoms with Gasteiger partial charge in [-0.2, -0.15) is 0 Å². The minimum absolute atomic E-state index is 0.0182. The van der Waals surface area contributed by atoms with Gasteiger partial charge in [0.05, 0.1) is 39.0 Å². The standard InChI is InChI=1S/C29H26Cl2N2O5/c1-4-16-37-27-17-10-6-7-15-22(17)33(3)29(36)24(27)18-11-8-14-21(26(18)38-23(34)5-2)32-28(35)25-19(30)12-9-13-20(25)31/h6-15H,4-5,16H2,1-3H3,(H,32,35). The van der Waals surface area contributed by atoms with Crippen molar-refractivity contribution >= 4 is 51.7 Å². The van der Waals surface area contributed by atoms with E-state index >= 15 is 0 Å². The number of aryl methyl sites for hydroxylation is 1. The number of fused-ring (bicyclic) bond motifs is 1. The zero-order valence-electron chi connectivity index (χ0n) is 21.1. The summed E-state index contributed by atoms with van der Waals surface area (Å²) >= 11 is 12.5. The maximum atomic E-state index is 13.7. The highest BCUT2D eigenvalue weighted by atomic mass is 35.5. The summed E-state index contributed by atoms with van der Waals surface area (Å²) in [6, 6.07) is 17.0. The van der Waals surface area contributed by atoms with Gasteiger partial charge in [0.2, 0.25) is 0 Å². The number of halogens is 2. The monoisotopic (exact) mass is 552 g/mol. The molecule has 1 heterocycles. The number of esters is 1. The third-order valence-corrected chi connectivity index (χ3v) is 6.56. The van der Waals surface area contributed by atoms with Gasteiger partial charge in [0.1, 0.15) is 5.75 Å². The molecule has 7 nitrogen and oxygen atoms in total. The third kappa shape index (κ3) is 5.26. The number of pyridine rings is 1. The van der Waals surface area contributed by atoms with Gasteiger partial charge in [-0.05, 0) is 36.8 Å². The molecule has 0 aliphatic heterocycles. The van der Waals surface area contributed by atoms with Gasteiger partial charge in [0, 0.05) is 24.4 Å². The zero-order chi connectivity index (χ0) is 27.4. The molecule has 1 N–H and O–H groups in total. The Morgan fingerprint density at radius 1 is 0.921 bits per heavy atom. The molecule has 38 heavy (non-hydrogen) atoms. The molecule has 0 fully saturated rings. The Kier molecular flexibility index (Phi) is 8.39. The fourth-order valence-electron chi connectivity index (χ4n) is 4.09. The molecule has 0 saturated heterocycles. The van der Waals surface area contributed by atoms with E-state index < -0.39 is 11.9 Å². The predicted molar refractivity (Wildman–Crippen MR) is 151 cm³/mol. The maximum Gasteiger partial charge on any atom is 0.310 e. The maximum absolute atomic E-state index is 13.7. The second-order valence-electron chi connectivity index (χ2n) is 8.49. The first-order valence-electron chi connectivity index (χ1n) is 12.1. The summed E-state index contributed by atoms with van der Waals surface area (Å²) < 4.78 is 13.4. The summed E-state index contributed by atoms with van der Waals surface area (Å²) in [5.41, 5.74) is 1.10. The second-order valence-corrected chi connectivity index (χ2v) is 9.31. The lowest BCUT2D eigenvalue weighted by Crippen LogP contribution is -2.22. The van der Waals surface area contributed by atoms with Crippen molar-refractivity contribution in [2.24, 2.45) is 7.05 Å². The summed E-state index contributed by atoms with van der Waals surface area (Å²) in [5, 5.41) is 3.80. The van der Waals surface area contributed by atoms with Crippen LogP contribution in [0.25, 0.3) is 22.0 Å². The molecule has 0 saturated carbocycles. The number of anilines is 1. The fraction of sp³-hybridized carbons (Fsp3) is 0.207. The van der Waals surface area contributed by atoms with Gasteiger partial charge in [0.15, 0.2) is 5.75 Å². The van der Waals surface area contributed by atoms with Crippen molar-refractivity contribution in [3.63, 3.8) is 0 Å². The number of ether oxygens (including phenoxy) is 2. The highest BCUT2D eigenvalue weighted by Gasteiger charge is 2.25. The van der Waals surface area contributed by atoms with Crippen molar-refractivity contribution < 1.29 is 19.1 Å². The number of benzene rings is 3. The minimum atomic E-state index is -0.597. The van der Waals surface area contributed by atoms with Crippen molar-refractivity contribution in [3.8, 4) is 22.6 Å². The first kappa shape index (κ1) is 27.2. The van der Waals surface area contributed by atoms with Gasteiger partial charge in [-0.15, -0.1) is 0 Å². The van der Waals surface area contributed by atoms with Crippen molar-refractivity contribution in [1.29, 1.82) is 0 Å². The van der Waals surface area contributed by atoms with E-state index in [1.54, 1.807) is 50.4 Å². The van der Waals surface area contributed by atoms with Crippen LogP contribution in [0.5, 0.6) is 11.5 Å². The van der Waals surface area contributed by atoms with Gasteiger partial charge >= 0.3 is 5.97 Å². The topological polar surface area (TPSA) is 86.6 Å². The van der Waals surface area contributed by atoms with E-state index in [-0.39, 0.29) is 44.6 Å². The Balaban J connectivity index is 1.97. The van der Waals surface area contributed by atoms with E-state index in [0.29, 0.717) is 23.4 Å². The van der Waals surface area contributed by atoms with E-state index in [1.165, 1.54) is 4.57 Å². The van der Waals surface area contributed by atoms with Crippen LogP contribution in [0.1, 0.15) is 37.0 Å². The van der Waals surface area contributed by atoms with Crippen molar-refractivity contribution in [3.05, 3.63) is 86.6 Å². The molecule has 0 atom stereocenters. The fourth-order valence-corrected chi connectivity index (χ4v) is 4.66. The quantitative estimate of drug-likeness (QED) is 0.190. The molecule has 3 aromatic carbocycles. The minimum Gasteiger partial charge on any atom is -0.492 e. The number of amides is 1. The van der Waals surface area contributed by atoms with Crippen LogP contribution < -0.4 is 20.3 Å². The Bertz CT molecular complexity index is 1580. The Morgan fingerprint density at radius 3 is 2.29 bits per heavy atom. The number of para-hydroxylation sites is 2. The van der Waals surface area contributed by atoms with Gasteiger partial charge < -0.3 is 19.4 Å². The first-order chi connectivity index (χ1) is 18.3. The third-order valence-electron chi connectivity index (χ3n) is 5.93. The molecule has 0 radical (unpaired) electrons. The molecule has 4 rings (SSSR count). The van der Waals surface area contributed by atoms with Crippen LogP contribution in [0.3, 0.4) is 0 Å². The Labute approximate surface area is 229 Å². The number of nitrogens with zero attached hydrogens (tertiary/aromatic N) is 1. The zero-order valence-corrected chi connectivity index (χ0v) is 22.7. The van der Waals surface area contributed by atoms with Crippen LogP contribution in [0.2, 0.25) is 10.0 Å². The largest absolute Gasteiger partial charge is 0.492 e. The molecule has 1 aromatic heterocycles. The average molecular weight is 553 g/mol. The molecule has 0 unspecified atom stereocenters. The molecule has 9 heteroatoms. The molecular weight excluding hydrogens is 527 g/mol. The first-order valence-corrected chi connectivity index (χ1v) is 12.9. The van der Waals surface area contributed by atoms with E-state index in [4.69, 9.17) is 32.7 Å². The van der Waals surface area contributed by atoms with Crippen molar-refractivity contribution in [2.45, 2.75) is 26.7 Å². The lowest BCUT2D eigenvalue weighted by molar-refractivity contribution is -0.133. The van der Waals surface area contributed by atoms with Gasteiger partial charge in [-0.25, -0.2) is 0 Å². The van der Waals surface area contributed by atoms with Crippen molar-refractivity contribution in [1.82, 2.24) is 4.57 Å². The van der Waals surface area contributed by atoms with E-state index in [0.717, 1.165) is 11.8 Å². The van der Waals surface area contributed by atoms with E-state index in [2.05, 4.69) is 5.32 Å². The molecule has 196 valence electrons. The number of rotatable bonds is 8. The average Bonchev–Trinajstić information content (AvgIpc) is 2.91. The number of carbonyl (C=O) groups is 2. The van der Waals surface area contributed by atoms with Crippen LogP contribution in [-0.4, -0.2) is 23.1 Å². The molecule has 0 aliphatic carbocycles.